The number of aromatic nitrogens is 2. The summed E-state index contributed by atoms with van der Waals surface area (Å²) >= 11 is 0. The van der Waals surface area contributed by atoms with Crippen molar-refractivity contribution in [2.75, 3.05) is 6.61 Å². The third-order valence-corrected chi connectivity index (χ3v) is 2.70. The van der Waals surface area contributed by atoms with Gasteiger partial charge in [-0.3, -0.25) is 4.57 Å². The van der Waals surface area contributed by atoms with Crippen LogP contribution >= 0.6 is 0 Å². The Labute approximate surface area is 115 Å². The molecule has 1 N–H and O–H groups in total. The molecule has 6 nitrogen and oxygen atoms in total. The first-order valence-corrected chi connectivity index (χ1v) is 6.15. The Balaban J connectivity index is 1.90. The van der Waals surface area contributed by atoms with E-state index in [-0.39, 0.29) is 11.3 Å². The molecular weight excluding hydrogens is 260 g/mol. The van der Waals surface area contributed by atoms with Crippen molar-refractivity contribution in [3.63, 3.8) is 0 Å². The van der Waals surface area contributed by atoms with Crippen LogP contribution in [0, 0.1) is 0 Å². The van der Waals surface area contributed by atoms with Crippen LogP contribution in [0.3, 0.4) is 0 Å². The largest absolute Gasteiger partial charge is 0.493 e. The molecule has 0 spiro atoms. The number of hydrogen-bond donors (Lipinski definition) is 1. The highest BCUT2D eigenvalue weighted by atomic mass is 16.5. The van der Waals surface area contributed by atoms with E-state index < -0.39 is 5.97 Å². The second-order valence-corrected chi connectivity index (χ2v) is 4.10. The maximum absolute atomic E-state index is 11.4. The molecule has 0 bridgehead atoms. The van der Waals surface area contributed by atoms with Crippen molar-refractivity contribution in [3.8, 4) is 5.75 Å². The lowest BCUT2D eigenvalue weighted by Crippen LogP contribution is -2.22. The summed E-state index contributed by atoms with van der Waals surface area (Å²) in [5.41, 5.74) is -0.176. The van der Waals surface area contributed by atoms with E-state index in [0.717, 1.165) is 0 Å². The number of rotatable bonds is 6. The van der Waals surface area contributed by atoms with Crippen molar-refractivity contribution < 1.29 is 14.6 Å². The molecule has 0 aliphatic rings. The van der Waals surface area contributed by atoms with E-state index >= 15 is 0 Å². The lowest BCUT2D eigenvalue weighted by molar-refractivity contribution is 0.0692. The van der Waals surface area contributed by atoms with E-state index in [1.165, 1.54) is 16.8 Å². The van der Waals surface area contributed by atoms with E-state index in [9.17, 15) is 9.59 Å². The predicted molar refractivity (Wildman–Crippen MR) is 72.0 cm³/mol. The molecule has 0 saturated heterocycles. The Hall–Kier alpha value is -2.63. The predicted octanol–water partition coefficient (Wildman–Crippen LogP) is 1.41. The molecule has 104 valence electrons. The molecule has 0 fully saturated rings. The van der Waals surface area contributed by atoms with Crippen molar-refractivity contribution >= 4 is 5.97 Å². The van der Waals surface area contributed by atoms with Crippen molar-refractivity contribution in [2.24, 2.45) is 0 Å². The van der Waals surface area contributed by atoms with E-state index in [1.807, 2.05) is 0 Å². The fourth-order valence-corrected chi connectivity index (χ4v) is 1.74. The zero-order chi connectivity index (χ0) is 14.4. The third-order valence-electron chi connectivity index (χ3n) is 2.70. The van der Waals surface area contributed by atoms with Gasteiger partial charge in [-0.2, -0.15) is 0 Å². The molecule has 0 amide bonds. The summed E-state index contributed by atoms with van der Waals surface area (Å²) in [6.07, 6.45) is 3.68. The van der Waals surface area contributed by atoms with Gasteiger partial charge in [0, 0.05) is 18.9 Å². The average molecular weight is 274 g/mol. The Morgan fingerprint density at radius 3 is 2.85 bits per heavy atom. The topological polar surface area (TPSA) is 81.4 Å². The van der Waals surface area contributed by atoms with Crippen LogP contribution in [0.25, 0.3) is 0 Å². The Morgan fingerprint density at radius 1 is 1.30 bits per heavy atom. The zero-order valence-corrected chi connectivity index (χ0v) is 10.7. The van der Waals surface area contributed by atoms with Gasteiger partial charge in [-0.25, -0.2) is 14.6 Å². The average Bonchev–Trinajstić information content (AvgIpc) is 2.45. The van der Waals surface area contributed by atoms with Gasteiger partial charge in [0.1, 0.15) is 11.3 Å². The van der Waals surface area contributed by atoms with Gasteiger partial charge in [0.25, 0.3) is 0 Å². The van der Waals surface area contributed by atoms with Gasteiger partial charge in [0.15, 0.2) is 0 Å². The molecule has 1 aromatic heterocycles. The van der Waals surface area contributed by atoms with Gasteiger partial charge in [-0.15, -0.1) is 0 Å². The van der Waals surface area contributed by atoms with Gasteiger partial charge in [0.05, 0.1) is 6.61 Å². The second-order valence-electron chi connectivity index (χ2n) is 4.10. The molecule has 0 saturated carbocycles. The molecule has 0 aliphatic carbocycles. The number of carboxylic acid groups (broad SMARTS) is 1. The molecule has 0 radical (unpaired) electrons. The van der Waals surface area contributed by atoms with E-state index in [0.29, 0.717) is 25.3 Å². The molecule has 0 unspecified atom stereocenters. The first kappa shape index (κ1) is 13.8. The van der Waals surface area contributed by atoms with E-state index in [2.05, 4.69) is 4.98 Å². The molecular formula is C14H14N2O4. The van der Waals surface area contributed by atoms with Gasteiger partial charge in [0.2, 0.25) is 0 Å². The van der Waals surface area contributed by atoms with Crippen LogP contribution in [0.4, 0.5) is 0 Å². The SMILES string of the molecule is O=C(O)c1ccccc1OCCCn1cccnc1=O. The Morgan fingerprint density at radius 2 is 2.10 bits per heavy atom. The third kappa shape index (κ3) is 3.44. The highest BCUT2D eigenvalue weighted by Gasteiger charge is 2.09. The monoisotopic (exact) mass is 274 g/mol. The fraction of sp³-hybridized carbons (Fsp3) is 0.214. The lowest BCUT2D eigenvalue weighted by Gasteiger charge is -2.09. The Kier molecular flexibility index (Phi) is 4.49. The van der Waals surface area contributed by atoms with Crippen LogP contribution < -0.4 is 10.4 Å². The minimum Gasteiger partial charge on any atom is -0.493 e. The maximum Gasteiger partial charge on any atom is 0.347 e. The summed E-state index contributed by atoms with van der Waals surface area (Å²) in [6, 6.07) is 8.14. The first-order chi connectivity index (χ1) is 9.68. The minimum absolute atomic E-state index is 0.131. The number of para-hydroxylation sites is 1. The first-order valence-electron chi connectivity index (χ1n) is 6.15. The van der Waals surface area contributed by atoms with Crippen molar-refractivity contribution in [3.05, 3.63) is 58.8 Å². The Bertz CT molecular complexity index is 651. The van der Waals surface area contributed by atoms with Crippen LogP contribution in [-0.4, -0.2) is 27.2 Å². The summed E-state index contributed by atoms with van der Waals surface area (Å²) in [5.74, 6) is -0.692. The molecule has 1 heterocycles. The van der Waals surface area contributed by atoms with E-state index in [4.69, 9.17) is 9.84 Å². The van der Waals surface area contributed by atoms with Gasteiger partial charge in [-0.05, 0) is 24.6 Å². The van der Waals surface area contributed by atoms with Crippen molar-refractivity contribution in [1.82, 2.24) is 9.55 Å². The summed E-state index contributed by atoms with van der Waals surface area (Å²) in [4.78, 5) is 26.0. The summed E-state index contributed by atoms with van der Waals surface area (Å²) in [5, 5.41) is 9.00. The van der Waals surface area contributed by atoms with Crippen molar-refractivity contribution in [2.45, 2.75) is 13.0 Å². The maximum atomic E-state index is 11.4. The zero-order valence-electron chi connectivity index (χ0n) is 10.7. The summed E-state index contributed by atoms with van der Waals surface area (Å²) in [7, 11) is 0. The number of ether oxygens (including phenoxy) is 1. The van der Waals surface area contributed by atoms with Crippen LogP contribution in [-0.2, 0) is 6.54 Å². The van der Waals surface area contributed by atoms with Crippen LogP contribution in [0.5, 0.6) is 5.75 Å². The van der Waals surface area contributed by atoms with Crippen LogP contribution in [0.1, 0.15) is 16.8 Å². The van der Waals surface area contributed by atoms with Crippen LogP contribution in [0.15, 0.2) is 47.5 Å². The normalized spacial score (nSPS) is 10.2. The molecule has 2 rings (SSSR count). The van der Waals surface area contributed by atoms with E-state index in [1.54, 1.807) is 30.5 Å². The van der Waals surface area contributed by atoms with Crippen molar-refractivity contribution in [1.29, 1.82) is 0 Å². The second kappa shape index (κ2) is 6.51. The number of aryl methyl sites for hydroxylation is 1. The lowest BCUT2D eigenvalue weighted by atomic mass is 10.2. The van der Waals surface area contributed by atoms with Gasteiger partial charge >= 0.3 is 11.7 Å². The fourth-order valence-electron chi connectivity index (χ4n) is 1.74. The summed E-state index contributed by atoms with van der Waals surface area (Å²) in [6.45, 7) is 0.799. The highest BCUT2D eigenvalue weighted by molar-refractivity contribution is 5.90. The standard InChI is InChI=1S/C14H14N2O4/c17-13(18)11-5-1-2-6-12(11)20-10-4-9-16-8-3-7-15-14(16)19/h1-3,5-8H,4,9-10H2,(H,17,18). The minimum atomic E-state index is -1.02. The van der Waals surface area contributed by atoms with Gasteiger partial charge < -0.3 is 9.84 Å². The molecule has 0 atom stereocenters. The molecule has 20 heavy (non-hydrogen) atoms. The summed E-state index contributed by atoms with van der Waals surface area (Å²) < 4.78 is 6.92. The molecule has 6 heteroatoms. The quantitative estimate of drug-likeness (QED) is 0.805. The smallest absolute Gasteiger partial charge is 0.347 e. The number of nitrogens with zero attached hydrogens (tertiary/aromatic N) is 2. The number of hydrogen-bond acceptors (Lipinski definition) is 4. The number of carboxylic acids is 1. The molecule has 2 aromatic rings. The number of aromatic carboxylic acids is 1. The number of carbonyl (C=O) groups is 1. The molecule has 0 aliphatic heterocycles. The van der Waals surface area contributed by atoms with Gasteiger partial charge in [-0.1, -0.05) is 12.1 Å². The number of benzene rings is 1. The van der Waals surface area contributed by atoms with Crippen LogP contribution in [0.2, 0.25) is 0 Å². The highest BCUT2D eigenvalue weighted by Crippen LogP contribution is 2.17. The molecule has 1 aromatic carbocycles.